The predicted molar refractivity (Wildman–Crippen MR) is 108 cm³/mol. The van der Waals surface area contributed by atoms with E-state index in [0.29, 0.717) is 16.5 Å². The fourth-order valence-corrected chi connectivity index (χ4v) is 3.93. The van der Waals surface area contributed by atoms with Crippen LogP contribution in [0, 0.1) is 12.3 Å². The van der Waals surface area contributed by atoms with Crippen molar-refractivity contribution in [1.82, 2.24) is 5.48 Å². The zero-order valence-electron chi connectivity index (χ0n) is 14.6. The van der Waals surface area contributed by atoms with Gasteiger partial charge in [0.1, 0.15) is 0 Å². The van der Waals surface area contributed by atoms with Crippen molar-refractivity contribution in [2.75, 3.05) is 0 Å². The highest BCUT2D eigenvalue weighted by Gasteiger charge is 2.59. The first-order chi connectivity index (χ1) is 13.7. The number of nitrogens with one attached hydrogen (secondary N) is 1. The lowest BCUT2D eigenvalue weighted by Crippen LogP contribution is -2.42. The minimum absolute atomic E-state index is 0.0744. The third kappa shape index (κ3) is 3.24. The number of halogens is 5. The molecule has 0 amide bonds. The van der Waals surface area contributed by atoms with Gasteiger partial charge in [0.05, 0.1) is 5.70 Å². The second-order valence-electron chi connectivity index (χ2n) is 6.50. The zero-order chi connectivity index (χ0) is 20.8. The van der Waals surface area contributed by atoms with E-state index in [1.165, 1.54) is 18.2 Å². The van der Waals surface area contributed by atoms with E-state index in [9.17, 15) is 13.2 Å². The maximum Gasteiger partial charge on any atom is 0.428 e. The number of alkyl halides is 3. The number of hydrogen-bond donors (Lipinski definition) is 1. The summed E-state index contributed by atoms with van der Waals surface area (Å²) in [7, 11) is 0. The van der Waals surface area contributed by atoms with E-state index in [0.717, 1.165) is 11.5 Å². The van der Waals surface area contributed by atoms with Gasteiger partial charge in [-0.15, -0.1) is 6.42 Å². The fourth-order valence-electron chi connectivity index (χ4n) is 3.40. The molecule has 146 valence electrons. The first-order valence-electron chi connectivity index (χ1n) is 8.44. The molecule has 0 fully saturated rings. The average molecular weight is 434 g/mol. The van der Waals surface area contributed by atoms with Crippen LogP contribution in [-0.4, -0.2) is 6.18 Å². The number of terminal acetylenes is 1. The molecule has 0 aliphatic carbocycles. The Hall–Kier alpha value is -2.65. The van der Waals surface area contributed by atoms with Crippen molar-refractivity contribution in [3.05, 3.63) is 87.4 Å². The Morgan fingerprint density at radius 1 is 0.966 bits per heavy atom. The van der Waals surface area contributed by atoms with Crippen LogP contribution in [-0.2, 0) is 10.4 Å². The summed E-state index contributed by atoms with van der Waals surface area (Å²) in [6.07, 6.45) is 1.76. The van der Waals surface area contributed by atoms with Crippen LogP contribution in [0.2, 0.25) is 10.0 Å². The van der Waals surface area contributed by atoms with E-state index in [4.69, 9.17) is 34.5 Å². The van der Waals surface area contributed by atoms with E-state index in [2.05, 4.69) is 11.4 Å². The number of fused-ring (bicyclic) bond motifs is 1. The van der Waals surface area contributed by atoms with E-state index in [1.54, 1.807) is 24.3 Å². The second-order valence-corrected chi connectivity index (χ2v) is 7.38. The molecule has 1 heterocycles. The normalized spacial score (nSPS) is 19.0. The van der Waals surface area contributed by atoms with E-state index < -0.39 is 11.8 Å². The van der Waals surface area contributed by atoms with Gasteiger partial charge in [-0.1, -0.05) is 59.5 Å². The lowest BCUT2D eigenvalue weighted by Gasteiger charge is -2.28. The van der Waals surface area contributed by atoms with Crippen molar-refractivity contribution in [1.29, 1.82) is 0 Å². The van der Waals surface area contributed by atoms with Gasteiger partial charge >= 0.3 is 6.18 Å². The Labute approximate surface area is 174 Å². The summed E-state index contributed by atoms with van der Waals surface area (Å²) < 4.78 is 42.5. The summed E-state index contributed by atoms with van der Waals surface area (Å²) in [4.78, 5) is 5.15. The molecule has 29 heavy (non-hydrogen) atoms. The predicted octanol–water partition coefficient (Wildman–Crippen LogP) is 6.46. The van der Waals surface area contributed by atoms with Crippen LogP contribution in [0.15, 0.2) is 60.7 Å². The smallest absolute Gasteiger partial charge is 0.265 e. The second kappa shape index (κ2) is 7.00. The maximum absolute atomic E-state index is 14.2. The highest BCUT2D eigenvalue weighted by Crippen LogP contribution is 2.48. The van der Waals surface area contributed by atoms with Crippen molar-refractivity contribution in [3.8, 4) is 12.3 Å². The van der Waals surface area contributed by atoms with Crippen LogP contribution < -0.4 is 5.48 Å². The van der Waals surface area contributed by atoms with Crippen molar-refractivity contribution in [2.24, 2.45) is 0 Å². The van der Waals surface area contributed by atoms with Crippen LogP contribution >= 0.6 is 23.2 Å². The summed E-state index contributed by atoms with van der Waals surface area (Å²) in [6.45, 7) is 0. The first-order valence-corrected chi connectivity index (χ1v) is 9.20. The molecule has 0 spiro atoms. The summed E-state index contributed by atoms with van der Waals surface area (Å²) in [5.41, 5.74) is 0.804. The quantitative estimate of drug-likeness (QED) is 0.468. The molecule has 4 rings (SSSR count). The van der Waals surface area contributed by atoms with Gasteiger partial charge in [-0.25, -0.2) is 0 Å². The highest BCUT2D eigenvalue weighted by molar-refractivity contribution is 6.34. The zero-order valence-corrected chi connectivity index (χ0v) is 16.2. The largest absolute Gasteiger partial charge is 0.428 e. The molecule has 1 aliphatic rings. The molecule has 0 saturated carbocycles. The number of benzene rings is 3. The van der Waals surface area contributed by atoms with E-state index in [1.807, 2.05) is 12.1 Å². The van der Waals surface area contributed by atoms with Gasteiger partial charge in [-0.2, -0.15) is 13.2 Å². The summed E-state index contributed by atoms with van der Waals surface area (Å²) in [5.74, 6) is 2.59. The molecule has 0 bridgehead atoms. The SMILES string of the molecule is C#Cc1ccc(C2=CC(c3cc(Cl)cc(Cl)c3)(C(F)(F)F)ON2)c2ccccc12. The standard InChI is InChI=1S/C22H12Cl2F3NO/c1-2-13-7-8-19(18-6-4-3-5-17(13)18)20-12-21(29-28-20,22(25,26)27)14-9-15(23)11-16(24)10-14/h1,3-12,28H. The maximum atomic E-state index is 14.2. The topological polar surface area (TPSA) is 21.3 Å². The van der Waals surface area contributed by atoms with Crippen LogP contribution in [0.5, 0.6) is 0 Å². The van der Waals surface area contributed by atoms with Crippen molar-refractivity contribution < 1.29 is 18.0 Å². The summed E-state index contributed by atoms with van der Waals surface area (Å²) >= 11 is 11.9. The Kier molecular flexibility index (Phi) is 4.74. The molecule has 3 aromatic rings. The molecule has 1 unspecified atom stereocenters. The van der Waals surface area contributed by atoms with Gasteiger partial charge < -0.3 is 0 Å². The van der Waals surface area contributed by atoms with E-state index in [-0.39, 0.29) is 21.3 Å². The van der Waals surface area contributed by atoms with Crippen LogP contribution in [0.1, 0.15) is 16.7 Å². The number of hydrogen-bond acceptors (Lipinski definition) is 2. The molecule has 7 heteroatoms. The molecule has 2 nitrogen and oxygen atoms in total. The van der Waals surface area contributed by atoms with Gasteiger partial charge in [-0.3, -0.25) is 10.3 Å². The summed E-state index contributed by atoms with van der Waals surface area (Å²) in [5, 5.41) is 1.61. The van der Waals surface area contributed by atoms with Gasteiger partial charge in [-0.05, 0) is 41.1 Å². The van der Waals surface area contributed by atoms with Crippen molar-refractivity contribution in [2.45, 2.75) is 11.8 Å². The minimum atomic E-state index is -4.77. The van der Waals surface area contributed by atoms with Crippen molar-refractivity contribution >= 4 is 39.7 Å². The molecule has 0 saturated heterocycles. The Balaban J connectivity index is 1.94. The number of rotatable bonds is 2. The average Bonchev–Trinajstić information content (AvgIpc) is 3.13. The Morgan fingerprint density at radius 3 is 2.24 bits per heavy atom. The van der Waals surface area contributed by atoms with Crippen LogP contribution in [0.4, 0.5) is 13.2 Å². The fraction of sp³-hybridized carbons (Fsp3) is 0.0909. The van der Waals surface area contributed by atoms with Gasteiger partial charge in [0.25, 0.3) is 0 Å². The third-order valence-electron chi connectivity index (χ3n) is 4.75. The highest BCUT2D eigenvalue weighted by atomic mass is 35.5. The van der Waals surface area contributed by atoms with Crippen molar-refractivity contribution in [3.63, 3.8) is 0 Å². The van der Waals surface area contributed by atoms with Gasteiger partial charge in [0.15, 0.2) is 0 Å². The first kappa shape index (κ1) is 19.7. The lowest BCUT2D eigenvalue weighted by molar-refractivity contribution is -0.269. The van der Waals surface area contributed by atoms with Gasteiger partial charge in [0, 0.05) is 26.7 Å². The monoisotopic (exact) mass is 433 g/mol. The van der Waals surface area contributed by atoms with Crippen LogP contribution in [0.25, 0.3) is 16.5 Å². The lowest BCUT2D eigenvalue weighted by atomic mass is 9.90. The summed E-state index contributed by atoms with van der Waals surface area (Å²) in [6, 6.07) is 14.3. The molecule has 1 atom stereocenters. The molecule has 3 aromatic carbocycles. The molecule has 0 aromatic heterocycles. The molecule has 1 N–H and O–H groups in total. The van der Waals surface area contributed by atoms with Crippen LogP contribution in [0.3, 0.4) is 0 Å². The molecular formula is C22H12Cl2F3NO. The van der Waals surface area contributed by atoms with Gasteiger partial charge in [0.2, 0.25) is 5.60 Å². The third-order valence-corrected chi connectivity index (χ3v) is 5.19. The molecule has 1 aliphatic heterocycles. The molecular weight excluding hydrogens is 422 g/mol. The minimum Gasteiger partial charge on any atom is -0.265 e. The number of hydroxylamine groups is 1. The van der Waals surface area contributed by atoms with E-state index >= 15 is 0 Å². The Morgan fingerprint density at radius 2 is 1.62 bits per heavy atom. The molecule has 0 radical (unpaired) electrons. The Bertz CT molecular complexity index is 1180.